The van der Waals surface area contributed by atoms with Crippen molar-refractivity contribution >= 4 is 33.4 Å². The van der Waals surface area contributed by atoms with Gasteiger partial charge in [0.1, 0.15) is 0 Å². The Morgan fingerprint density at radius 1 is 1.42 bits per heavy atom. The van der Waals surface area contributed by atoms with E-state index >= 15 is 0 Å². The first-order valence-corrected chi connectivity index (χ1v) is 7.51. The highest BCUT2D eigenvalue weighted by molar-refractivity contribution is 9.10. The first-order chi connectivity index (χ1) is 9.18. The lowest BCUT2D eigenvalue weighted by molar-refractivity contribution is 0.0947. The molecule has 0 saturated carbocycles. The van der Waals surface area contributed by atoms with E-state index in [2.05, 4.69) is 31.5 Å². The average molecular weight is 347 g/mol. The molecule has 1 amide bonds. The van der Waals surface area contributed by atoms with Crippen molar-refractivity contribution < 1.29 is 4.79 Å². The Balaban J connectivity index is 1.82. The fraction of sp³-hybridized carbons (Fsp3) is 0.462. The van der Waals surface area contributed by atoms with E-state index in [0.717, 1.165) is 37.2 Å². The molecule has 6 heteroatoms. The summed E-state index contributed by atoms with van der Waals surface area (Å²) in [5.74, 6) is -0.124. The molecule has 0 aromatic heterocycles. The zero-order chi connectivity index (χ0) is 13.7. The topological polar surface area (TPSA) is 44.4 Å². The first kappa shape index (κ1) is 14.8. The molecule has 0 atom stereocenters. The highest BCUT2D eigenvalue weighted by Gasteiger charge is 2.13. The van der Waals surface area contributed by atoms with Crippen molar-refractivity contribution in [2.24, 2.45) is 0 Å². The Bertz CT molecular complexity index is 450. The number of benzene rings is 1. The van der Waals surface area contributed by atoms with Gasteiger partial charge in [-0.05, 0) is 28.1 Å². The molecule has 0 spiro atoms. The molecule has 104 valence electrons. The summed E-state index contributed by atoms with van der Waals surface area (Å²) in [6.45, 7) is 5.62. The van der Waals surface area contributed by atoms with Gasteiger partial charge in [0.2, 0.25) is 0 Å². The third-order valence-corrected chi connectivity index (χ3v) is 4.42. The van der Waals surface area contributed by atoms with Gasteiger partial charge in [0, 0.05) is 43.7 Å². The number of halogens is 2. The van der Waals surface area contributed by atoms with Crippen LogP contribution < -0.4 is 10.6 Å². The van der Waals surface area contributed by atoms with Crippen molar-refractivity contribution in [1.29, 1.82) is 0 Å². The van der Waals surface area contributed by atoms with Gasteiger partial charge in [0.15, 0.2) is 0 Å². The molecule has 2 N–H and O–H groups in total. The molecule has 0 bridgehead atoms. The van der Waals surface area contributed by atoms with Crippen LogP contribution in [0.15, 0.2) is 22.7 Å². The van der Waals surface area contributed by atoms with Crippen molar-refractivity contribution in [1.82, 2.24) is 15.5 Å². The Morgan fingerprint density at radius 2 is 2.16 bits per heavy atom. The highest BCUT2D eigenvalue weighted by Crippen LogP contribution is 2.25. The standard InChI is InChI=1S/C13H17BrClN3O/c14-11-3-1-2-10(12(11)15)13(19)17-6-9-18-7-4-16-5-8-18/h1-3,16H,4-9H2,(H,17,19). The van der Waals surface area contributed by atoms with Crippen molar-refractivity contribution in [2.75, 3.05) is 39.3 Å². The summed E-state index contributed by atoms with van der Waals surface area (Å²) in [7, 11) is 0. The van der Waals surface area contributed by atoms with Crippen LogP contribution in [0.3, 0.4) is 0 Å². The van der Waals surface area contributed by atoms with Gasteiger partial charge in [0.05, 0.1) is 10.6 Å². The van der Waals surface area contributed by atoms with E-state index in [1.54, 1.807) is 12.1 Å². The fourth-order valence-corrected chi connectivity index (χ4v) is 2.61. The molecule has 19 heavy (non-hydrogen) atoms. The number of nitrogens with one attached hydrogen (secondary N) is 2. The quantitative estimate of drug-likeness (QED) is 0.873. The second kappa shape index (κ2) is 7.24. The maximum absolute atomic E-state index is 12.0. The van der Waals surface area contributed by atoms with Crippen LogP contribution in [0.1, 0.15) is 10.4 Å². The molecule has 4 nitrogen and oxygen atoms in total. The van der Waals surface area contributed by atoms with E-state index < -0.39 is 0 Å². The molecule has 2 rings (SSSR count). The van der Waals surface area contributed by atoms with Crippen molar-refractivity contribution in [2.45, 2.75) is 0 Å². The van der Waals surface area contributed by atoms with Crippen LogP contribution in [0.2, 0.25) is 5.02 Å². The molecular formula is C13H17BrClN3O. The van der Waals surface area contributed by atoms with E-state index in [1.807, 2.05) is 6.07 Å². The summed E-state index contributed by atoms with van der Waals surface area (Å²) in [5, 5.41) is 6.67. The maximum Gasteiger partial charge on any atom is 0.252 e. The Hall–Kier alpha value is -0.620. The summed E-state index contributed by atoms with van der Waals surface area (Å²) in [6, 6.07) is 5.36. The Morgan fingerprint density at radius 3 is 2.89 bits per heavy atom. The van der Waals surface area contributed by atoms with Crippen LogP contribution in [0, 0.1) is 0 Å². The minimum absolute atomic E-state index is 0.124. The van der Waals surface area contributed by atoms with Crippen molar-refractivity contribution in [3.05, 3.63) is 33.3 Å². The van der Waals surface area contributed by atoms with Crippen molar-refractivity contribution in [3.63, 3.8) is 0 Å². The normalized spacial score (nSPS) is 16.3. The van der Waals surface area contributed by atoms with Crippen LogP contribution in [0.4, 0.5) is 0 Å². The van der Waals surface area contributed by atoms with Gasteiger partial charge >= 0.3 is 0 Å². The number of rotatable bonds is 4. The van der Waals surface area contributed by atoms with Gasteiger partial charge < -0.3 is 10.6 Å². The molecule has 1 aliphatic rings. The number of nitrogens with zero attached hydrogens (tertiary/aromatic N) is 1. The van der Waals surface area contributed by atoms with Crippen LogP contribution in [-0.4, -0.2) is 50.1 Å². The summed E-state index contributed by atoms with van der Waals surface area (Å²) >= 11 is 9.41. The minimum atomic E-state index is -0.124. The lowest BCUT2D eigenvalue weighted by Gasteiger charge is -2.27. The van der Waals surface area contributed by atoms with Gasteiger partial charge in [-0.3, -0.25) is 9.69 Å². The molecule has 1 aromatic rings. The van der Waals surface area contributed by atoms with Gasteiger partial charge in [-0.1, -0.05) is 17.7 Å². The smallest absolute Gasteiger partial charge is 0.252 e. The SMILES string of the molecule is O=C(NCCN1CCNCC1)c1cccc(Br)c1Cl. The largest absolute Gasteiger partial charge is 0.351 e. The van der Waals surface area contributed by atoms with Gasteiger partial charge in [-0.15, -0.1) is 0 Å². The zero-order valence-electron chi connectivity index (χ0n) is 10.6. The lowest BCUT2D eigenvalue weighted by Crippen LogP contribution is -2.46. The van der Waals surface area contributed by atoms with E-state index in [-0.39, 0.29) is 5.91 Å². The summed E-state index contributed by atoms with van der Waals surface area (Å²) < 4.78 is 0.740. The van der Waals surface area contributed by atoms with E-state index in [1.165, 1.54) is 0 Å². The number of hydrogen-bond donors (Lipinski definition) is 2. The van der Waals surface area contributed by atoms with Gasteiger partial charge in [0.25, 0.3) is 5.91 Å². The van der Waals surface area contributed by atoms with Crippen LogP contribution in [0.5, 0.6) is 0 Å². The summed E-state index contributed by atoms with van der Waals surface area (Å²) in [5.41, 5.74) is 0.511. The maximum atomic E-state index is 12.0. The highest BCUT2D eigenvalue weighted by atomic mass is 79.9. The second-order valence-corrected chi connectivity index (χ2v) is 5.68. The van der Waals surface area contributed by atoms with Crippen molar-refractivity contribution in [3.8, 4) is 0 Å². The molecule has 1 heterocycles. The number of carbonyl (C=O) groups is 1. The predicted molar refractivity (Wildman–Crippen MR) is 80.8 cm³/mol. The Labute approximate surface area is 126 Å². The van der Waals surface area contributed by atoms with E-state index in [0.29, 0.717) is 17.1 Å². The molecule has 1 aliphatic heterocycles. The number of carbonyl (C=O) groups excluding carboxylic acids is 1. The molecule has 0 aliphatic carbocycles. The molecule has 1 fully saturated rings. The molecular weight excluding hydrogens is 330 g/mol. The van der Waals surface area contributed by atoms with E-state index in [4.69, 9.17) is 11.6 Å². The number of amides is 1. The zero-order valence-corrected chi connectivity index (χ0v) is 12.9. The molecule has 0 radical (unpaired) electrons. The lowest BCUT2D eigenvalue weighted by atomic mass is 10.2. The third kappa shape index (κ3) is 4.18. The molecule has 0 unspecified atom stereocenters. The Kier molecular flexibility index (Phi) is 5.63. The van der Waals surface area contributed by atoms with Gasteiger partial charge in [-0.25, -0.2) is 0 Å². The monoisotopic (exact) mass is 345 g/mol. The number of piperazine rings is 1. The number of hydrogen-bond acceptors (Lipinski definition) is 3. The molecule has 1 aromatic carbocycles. The predicted octanol–water partition coefficient (Wildman–Crippen LogP) is 1.74. The third-order valence-electron chi connectivity index (χ3n) is 3.12. The summed E-state index contributed by atoms with van der Waals surface area (Å²) in [6.07, 6.45) is 0. The minimum Gasteiger partial charge on any atom is -0.351 e. The van der Waals surface area contributed by atoms with E-state index in [9.17, 15) is 4.79 Å². The molecule has 1 saturated heterocycles. The van der Waals surface area contributed by atoms with Gasteiger partial charge in [-0.2, -0.15) is 0 Å². The fourth-order valence-electron chi connectivity index (χ4n) is 2.04. The first-order valence-electron chi connectivity index (χ1n) is 6.34. The average Bonchev–Trinajstić information content (AvgIpc) is 2.43. The van der Waals surface area contributed by atoms with Crippen LogP contribution in [0.25, 0.3) is 0 Å². The van der Waals surface area contributed by atoms with Crippen LogP contribution in [-0.2, 0) is 0 Å². The second-order valence-electron chi connectivity index (χ2n) is 4.45. The van der Waals surface area contributed by atoms with Crippen LogP contribution >= 0.6 is 27.5 Å². The summed E-state index contributed by atoms with van der Waals surface area (Å²) in [4.78, 5) is 14.3.